The minimum atomic E-state index is 0. The highest BCUT2D eigenvalue weighted by Crippen LogP contribution is 2.28. The van der Waals surface area contributed by atoms with Crippen molar-refractivity contribution in [3.63, 3.8) is 0 Å². The molecule has 1 aliphatic rings. The van der Waals surface area contributed by atoms with Gasteiger partial charge < -0.3 is 0 Å². The van der Waals surface area contributed by atoms with Crippen LogP contribution in [-0.2, 0) is 19.4 Å². The molecule has 1 atom stereocenters. The Morgan fingerprint density at radius 3 is 2.15 bits per heavy atom. The lowest BCUT2D eigenvalue weighted by Crippen LogP contribution is -2.33. The molecule has 0 fully saturated rings. The van der Waals surface area contributed by atoms with Crippen LogP contribution in [0.5, 0.6) is 0 Å². The van der Waals surface area contributed by atoms with E-state index in [0.29, 0.717) is 5.78 Å². The van der Waals surface area contributed by atoms with Gasteiger partial charge in [-0.15, -0.1) is 0 Å². The fourth-order valence-electron chi connectivity index (χ4n) is 3.49. The topological polar surface area (TPSA) is 20.9 Å². The smallest absolute Gasteiger partial charge is 0.173 e. The molecule has 0 saturated heterocycles. The second-order valence-corrected chi connectivity index (χ2v) is 6.49. The molecule has 1 unspecified atom stereocenters. The fourth-order valence-corrected chi connectivity index (χ4v) is 3.49. The van der Waals surface area contributed by atoms with E-state index in [4.69, 9.17) is 0 Å². The third-order valence-electron chi connectivity index (χ3n) is 4.77. The lowest BCUT2D eigenvalue weighted by molar-refractivity contribution is -0.688. The molecule has 2 aromatic carbocycles. The highest BCUT2D eigenvalue weighted by Gasteiger charge is 2.30. The summed E-state index contributed by atoms with van der Waals surface area (Å²) in [4.78, 5) is 12.5. The number of aromatic nitrogens is 1. The first-order chi connectivity index (χ1) is 12.8. The molecule has 0 radical (unpaired) electrons. The number of fused-ring (bicyclic) bond motifs is 1. The average molecular weight is 361 g/mol. The number of hydrogen-bond donors (Lipinski definition) is 0. The van der Waals surface area contributed by atoms with Crippen molar-refractivity contribution < 1.29 is 9.36 Å². The lowest BCUT2D eigenvalue weighted by atomic mass is 9.96. The van der Waals surface area contributed by atoms with Gasteiger partial charge in [-0.2, -0.15) is 0 Å². The predicted octanol–water partition coefficient (Wildman–Crippen LogP) is 5.28. The molecule has 1 aliphatic carbocycles. The quantitative estimate of drug-likeness (QED) is 0.580. The SMILES string of the molecule is C.CC.O=C1c2ccccc2CC1Cc1cc[n+](Cc2ccccc2)cc1. The van der Waals surface area contributed by atoms with Crippen LogP contribution in [0.3, 0.4) is 0 Å². The maximum atomic E-state index is 12.5. The molecule has 0 bridgehead atoms. The van der Waals surface area contributed by atoms with Gasteiger partial charge in [-0.1, -0.05) is 75.9 Å². The summed E-state index contributed by atoms with van der Waals surface area (Å²) in [7, 11) is 0. The van der Waals surface area contributed by atoms with Crippen LogP contribution in [0.1, 0.15) is 48.3 Å². The van der Waals surface area contributed by atoms with Crippen LogP contribution >= 0.6 is 0 Å². The van der Waals surface area contributed by atoms with E-state index < -0.39 is 0 Å². The monoisotopic (exact) mass is 360 g/mol. The third-order valence-corrected chi connectivity index (χ3v) is 4.77. The summed E-state index contributed by atoms with van der Waals surface area (Å²) in [6, 6.07) is 22.7. The number of nitrogens with zero attached hydrogens (tertiary/aromatic N) is 1. The summed E-state index contributed by atoms with van der Waals surface area (Å²) in [5.41, 5.74) is 4.63. The van der Waals surface area contributed by atoms with Gasteiger partial charge in [0.1, 0.15) is 0 Å². The molecule has 140 valence electrons. The molecular formula is C25H30NO+. The zero-order valence-electron chi connectivity index (χ0n) is 15.6. The Balaban J connectivity index is 0.000000844. The molecule has 1 aromatic heterocycles. The van der Waals surface area contributed by atoms with Gasteiger partial charge in [0.2, 0.25) is 0 Å². The van der Waals surface area contributed by atoms with Crippen LogP contribution in [0, 0.1) is 5.92 Å². The van der Waals surface area contributed by atoms with Crippen LogP contribution in [0.25, 0.3) is 0 Å². The number of ketones is 1. The van der Waals surface area contributed by atoms with E-state index in [2.05, 4.69) is 59.4 Å². The summed E-state index contributed by atoms with van der Waals surface area (Å²) >= 11 is 0. The Labute approximate surface area is 163 Å². The highest BCUT2D eigenvalue weighted by molar-refractivity contribution is 6.02. The van der Waals surface area contributed by atoms with Crippen molar-refractivity contribution in [1.82, 2.24) is 0 Å². The molecule has 2 heteroatoms. The van der Waals surface area contributed by atoms with E-state index in [1.807, 2.05) is 38.1 Å². The molecule has 0 amide bonds. The maximum absolute atomic E-state index is 12.5. The standard InChI is InChI=1S/C22H20NO.C2H6.CH4/c24-22-20(15-19-8-4-5-9-21(19)22)14-17-10-12-23(13-11-17)16-18-6-2-1-3-7-18;1-2;/h1-13,20H,14-16H2;1-2H3;1H4/q+1;;. The zero-order chi connectivity index (χ0) is 18.4. The van der Waals surface area contributed by atoms with Gasteiger partial charge >= 0.3 is 0 Å². The summed E-state index contributed by atoms with van der Waals surface area (Å²) in [5.74, 6) is 0.388. The number of carbonyl (C=O) groups is 1. The van der Waals surface area contributed by atoms with E-state index in [1.54, 1.807) is 0 Å². The first-order valence-corrected chi connectivity index (χ1v) is 9.43. The highest BCUT2D eigenvalue weighted by atomic mass is 16.1. The Bertz CT molecular complexity index is 853. The van der Waals surface area contributed by atoms with Crippen molar-refractivity contribution >= 4 is 5.78 Å². The third kappa shape index (κ3) is 4.91. The largest absolute Gasteiger partial charge is 0.294 e. The van der Waals surface area contributed by atoms with E-state index in [0.717, 1.165) is 24.9 Å². The predicted molar refractivity (Wildman–Crippen MR) is 112 cm³/mol. The van der Waals surface area contributed by atoms with Gasteiger partial charge in [0, 0.05) is 29.2 Å². The summed E-state index contributed by atoms with van der Waals surface area (Å²) < 4.78 is 2.17. The molecule has 0 aliphatic heterocycles. The molecule has 0 spiro atoms. The first-order valence-electron chi connectivity index (χ1n) is 9.43. The number of Topliss-reactive ketones (excluding diaryl/α,β-unsaturated/α-hetero) is 1. The summed E-state index contributed by atoms with van der Waals surface area (Å²) in [6.07, 6.45) is 5.90. The van der Waals surface area contributed by atoms with E-state index in [9.17, 15) is 4.79 Å². The minimum absolute atomic E-state index is 0. The fraction of sp³-hybridized carbons (Fsp3) is 0.280. The Kier molecular flexibility index (Phi) is 7.48. The van der Waals surface area contributed by atoms with Gasteiger partial charge in [-0.3, -0.25) is 4.79 Å². The van der Waals surface area contributed by atoms with Crippen LogP contribution < -0.4 is 4.57 Å². The summed E-state index contributed by atoms with van der Waals surface area (Å²) in [5, 5.41) is 0. The zero-order valence-corrected chi connectivity index (χ0v) is 15.6. The number of benzene rings is 2. The van der Waals surface area contributed by atoms with Gasteiger partial charge in [0.05, 0.1) is 0 Å². The first kappa shape index (κ1) is 20.6. The van der Waals surface area contributed by atoms with Gasteiger partial charge in [0.15, 0.2) is 24.7 Å². The molecule has 0 N–H and O–H groups in total. The molecule has 27 heavy (non-hydrogen) atoms. The molecule has 4 rings (SSSR count). The average Bonchev–Trinajstić information content (AvgIpc) is 3.02. The second kappa shape index (κ2) is 9.82. The van der Waals surface area contributed by atoms with Crippen molar-refractivity contribution in [1.29, 1.82) is 0 Å². The Morgan fingerprint density at radius 2 is 1.48 bits per heavy atom. The molecular weight excluding hydrogens is 330 g/mol. The van der Waals surface area contributed by atoms with Crippen molar-refractivity contribution in [2.24, 2.45) is 5.92 Å². The maximum Gasteiger partial charge on any atom is 0.173 e. The van der Waals surface area contributed by atoms with Crippen molar-refractivity contribution in [3.05, 3.63) is 101 Å². The number of rotatable bonds is 4. The molecule has 2 nitrogen and oxygen atoms in total. The lowest BCUT2D eigenvalue weighted by Gasteiger charge is -2.07. The molecule has 3 aromatic rings. The minimum Gasteiger partial charge on any atom is -0.294 e. The van der Waals surface area contributed by atoms with Crippen LogP contribution in [-0.4, -0.2) is 5.78 Å². The van der Waals surface area contributed by atoms with E-state index >= 15 is 0 Å². The number of carbonyl (C=O) groups excluding carboxylic acids is 1. The van der Waals surface area contributed by atoms with Gasteiger partial charge in [0.25, 0.3) is 0 Å². The van der Waals surface area contributed by atoms with Crippen molar-refractivity contribution in [2.45, 2.75) is 40.7 Å². The van der Waals surface area contributed by atoms with Gasteiger partial charge in [-0.05, 0) is 24.0 Å². The molecule has 1 heterocycles. The number of pyridine rings is 1. The van der Waals surface area contributed by atoms with Crippen LogP contribution in [0.4, 0.5) is 0 Å². The van der Waals surface area contributed by atoms with Crippen LogP contribution in [0.15, 0.2) is 79.1 Å². The van der Waals surface area contributed by atoms with Gasteiger partial charge in [-0.25, -0.2) is 4.57 Å². The van der Waals surface area contributed by atoms with Crippen molar-refractivity contribution in [3.8, 4) is 0 Å². The van der Waals surface area contributed by atoms with Crippen molar-refractivity contribution in [2.75, 3.05) is 0 Å². The van der Waals surface area contributed by atoms with Crippen LogP contribution in [0.2, 0.25) is 0 Å². The number of hydrogen-bond acceptors (Lipinski definition) is 1. The van der Waals surface area contributed by atoms with E-state index in [1.165, 1.54) is 16.7 Å². The van der Waals surface area contributed by atoms with E-state index in [-0.39, 0.29) is 13.3 Å². The second-order valence-electron chi connectivity index (χ2n) is 6.49. The molecule has 0 saturated carbocycles. The Hall–Kier alpha value is -2.74. The Morgan fingerprint density at radius 1 is 0.852 bits per heavy atom. The normalized spacial score (nSPS) is 14.6. The summed E-state index contributed by atoms with van der Waals surface area (Å²) in [6.45, 7) is 4.87.